The molecule has 2 fully saturated rings. The molecule has 2 aromatic carbocycles. The average Bonchev–Trinajstić information content (AvgIpc) is 3.01. The van der Waals surface area contributed by atoms with E-state index < -0.39 is 0 Å². The van der Waals surface area contributed by atoms with E-state index in [0.717, 1.165) is 30.2 Å². The summed E-state index contributed by atoms with van der Waals surface area (Å²) < 4.78 is 5.99. The number of carbonyl (C=O) groups is 3. The van der Waals surface area contributed by atoms with Gasteiger partial charge in [-0.3, -0.25) is 9.59 Å². The first-order valence-electron chi connectivity index (χ1n) is 15.5. The average molecular weight is 578 g/mol. The highest BCUT2D eigenvalue weighted by atomic mass is 16.5. The molecule has 1 heterocycles. The molecule has 1 aliphatic carbocycles. The van der Waals surface area contributed by atoms with E-state index in [1.165, 1.54) is 32.1 Å². The van der Waals surface area contributed by atoms with E-state index >= 15 is 0 Å². The number of anilines is 1. The number of carbonyl (C=O) groups excluding carboxylic acids is 3. The van der Waals surface area contributed by atoms with Crippen molar-refractivity contribution in [1.82, 2.24) is 20.0 Å². The summed E-state index contributed by atoms with van der Waals surface area (Å²) in [5.41, 5.74) is 2.37. The minimum atomic E-state index is -0.177. The molecule has 2 aliphatic rings. The van der Waals surface area contributed by atoms with Crippen LogP contribution >= 0.6 is 0 Å². The Hall–Kier alpha value is -3.59. The number of hydrogen-bond donors (Lipinski definition) is 2. The number of ether oxygens (including phenoxy) is 1. The Morgan fingerprint density at radius 1 is 0.929 bits per heavy atom. The van der Waals surface area contributed by atoms with Crippen LogP contribution in [0.2, 0.25) is 0 Å². The molecule has 1 aliphatic heterocycles. The van der Waals surface area contributed by atoms with Crippen molar-refractivity contribution in [2.75, 3.05) is 65.3 Å². The molecule has 0 radical (unpaired) electrons. The number of amides is 4. The van der Waals surface area contributed by atoms with Crippen LogP contribution in [0.25, 0.3) is 0 Å². The molecular formula is C33H47N5O4. The summed E-state index contributed by atoms with van der Waals surface area (Å²) >= 11 is 0. The second-order valence-electron chi connectivity index (χ2n) is 11.7. The summed E-state index contributed by atoms with van der Waals surface area (Å²) in [6.07, 6.45) is 8.77. The normalized spacial score (nSPS) is 15.9. The van der Waals surface area contributed by atoms with Crippen LogP contribution in [0.5, 0.6) is 5.75 Å². The maximum absolute atomic E-state index is 13.2. The number of aryl methyl sites for hydroxylation is 1. The first-order chi connectivity index (χ1) is 20.4. The first-order valence-corrected chi connectivity index (χ1v) is 15.5. The summed E-state index contributed by atoms with van der Waals surface area (Å²) in [6.45, 7) is 4.04. The van der Waals surface area contributed by atoms with Crippen LogP contribution in [0.4, 0.5) is 10.5 Å². The Bertz CT molecular complexity index is 1160. The molecule has 0 bridgehead atoms. The fourth-order valence-corrected chi connectivity index (χ4v) is 5.56. The number of urea groups is 1. The van der Waals surface area contributed by atoms with E-state index in [0.29, 0.717) is 63.4 Å². The van der Waals surface area contributed by atoms with Crippen molar-refractivity contribution in [2.45, 2.75) is 51.4 Å². The molecule has 2 N–H and O–H groups in total. The molecule has 0 unspecified atom stereocenters. The molecule has 42 heavy (non-hydrogen) atoms. The van der Waals surface area contributed by atoms with Gasteiger partial charge in [-0.25, -0.2) is 4.79 Å². The first kappa shape index (κ1) is 31.3. The predicted octanol–water partition coefficient (Wildman–Crippen LogP) is 4.64. The lowest BCUT2D eigenvalue weighted by Crippen LogP contribution is -2.51. The molecule has 0 aromatic heterocycles. The lowest BCUT2D eigenvalue weighted by Gasteiger charge is -2.34. The molecule has 0 atom stereocenters. The summed E-state index contributed by atoms with van der Waals surface area (Å²) in [5.74, 6) is 1.51. The van der Waals surface area contributed by atoms with Gasteiger partial charge in [0.05, 0.1) is 6.61 Å². The smallest absolute Gasteiger partial charge is 0.321 e. The quantitative estimate of drug-likeness (QED) is 0.384. The molecule has 1 saturated carbocycles. The lowest BCUT2D eigenvalue weighted by atomic mass is 9.87. The van der Waals surface area contributed by atoms with Crippen molar-refractivity contribution in [3.63, 3.8) is 0 Å². The van der Waals surface area contributed by atoms with E-state index in [1.807, 2.05) is 67.5 Å². The van der Waals surface area contributed by atoms with Crippen molar-refractivity contribution in [3.8, 4) is 5.75 Å². The van der Waals surface area contributed by atoms with Gasteiger partial charge in [0.2, 0.25) is 5.91 Å². The summed E-state index contributed by atoms with van der Waals surface area (Å²) in [6, 6.07) is 14.9. The summed E-state index contributed by atoms with van der Waals surface area (Å²) in [7, 11) is 3.95. The third-order valence-electron chi connectivity index (χ3n) is 8.18. The fourth-order valence-electron chi connectivity index (χ4n) is 5.56. The number of nitrogens with one attached hydrogen (secondary N) is 2. The van der Waals surface area contributed by atoms with Crippen molar-refractivity contribution in [2.24, 2.45) is 5.92 Å². The molecule has 1 saturated heterocycles. The molecule has 9 heteroatoms. The van der Waals surface area contributed by atoms with Gasteiger partial charge < -0.3 is 30.1 Å². The predicted molar refractivity (Wildman–Crippen MR) is 166 cm³/mol. The van der Waals surface area contributed by atoms with Gasteiger partial charge in [-0.05, 0) is 68.8 Å². The van der Waals surface area contributed by atoms with Gasteiger partial charge >= 0.3 is 6.03 Å². The van der Waals surface area contributed by atoms with Crippen molar-refractivity contribution >= 4 is 23.5 Å². The summed E-state index contributed by atoms with van der Waals surface area (Å²) in [4.78, 5) is 43.6. The maximum atomic E-state index is 13.2. The number of nitrogens with zero attached hydrogens (tertiary/aromatic N) is 3. The van der Waals surface area contributed by atoms with Crippen LogP contribution in [-0.2, 0) is 11.2 Å². The van der Waals surface area contributed by atoms with Gasteiger partial charge in [0.25, 0.3) is 5.91 Å². The number of piperazine rings is 1. The Balaban J connectivity index is 1.16. The number of benzene rings is 2. The Labute approximate surface area is 250 Å². The van der Waals surface area contributed by atoms with Gasteiger partial charge in [0.15, 0.2) is 0 Å². The molecule has 0 spiro atoms. The SMILES string of the molecule is CN(C)CCNC(=O)CCc1ccc(NC(=O)N2CCN(C(=O)c3cccc(OCCC4CCCCC4)c3)CC2)cc1. The Morgan fingerprint density at radius 3 is 2.36 bits per heavy atom. The van der Waals surface area contributed by atoms with Crippen LogP contribution in [0.15, 0.2) is 48.5 Å². The highest BCUT2D eigenvalue weighted by Crippen LogP contribution is 2.26. The molecule has 4 rings (SSSR count). The molecule has 9 nitrogen and oxygen atoms in total. The van der Waals surface area contributed by atoms with E-state index in [9.17, 15) is 14.4 Å². The van der Waals surface area contributed by atoms with Crippen LogP contribution in [0.1, 0.15) is 60.9 Å². The van der Waals surface area contributed by atoms with Gasteiger partial charge in [0.1, 0.15) is 5.75 Å². The number of rotatable bonds is 12. The third-order valence-corrected chi connectivity index (χ3v) is 8.18. The third kappa shape index (κ3) is 10.0. The van der Waals surface area contributed by atoms with Crippen molar-refractivity contribution in [3.05, 3.63) is 59.7 Å². The van der Waals surface area contributed by atoms with E-state index in [2.05, 4.69) is 10.6 Å². The highest BCUT2D eigenvalue weighted by molar-refractivity contribution is 5.95. The maximum Gasteiger partial charge on any atom is 0.321 e. The van der Waals surface area contributed by atoms with E-state index in [-0.39, 0.29) is 17.8 Å². The van der Waals surface area contributed by atoms with E-state index in [4.69, 9.17) is 4.74 Å². The summed E-state index contributed by atoms with van der Waals surface area (Å²) in [5, 5.41) is 5.88. The van der Waals surface area contributed by atoms with Crippen molar-refractivity contribution in [1.29, 1.82) is 0 Å². The van der Waals surface area contributed by atoms with Crippen molar-refractivity contribution < 1.29 is 19.1 Å². The van der Waals surface area contributed by atoms with Crippen LogP contribution in [0, 0.1) is 5.92 Å². The standard InChI is InChI=1S/C33H47N5O4/c1-36(2)19-18-34-31(39)16-13-27-11-14-29(15-12-27)35-33(41)38-22-20-37(21-23-38)32(40)28-9-6-10-30(25-28)42-24-17-26-7-4-3-5-8-26/h6,9-12,14-15,25-26H,3-5,7-8,13,16-24H2,1-2H3,(H,34,39)(H,35,41). The second-order valence-corrected chi connectivity index (χ2v) is 11.7. The van der Waals surface area contributed by atoms with Gasteiger partial charge in [0, 0.05) is 56.9 Å². The zero-order valence-corrected chi connectivity index (χ0v) is 25.3. The van der Waals surface area contributed by atoms with Crippen LogP contribution < -0.4 is 15.4 Å². The minimum Gasteiger partial charge on any atom is -0.494 e. The Morgan fingerprint density at radius 2 is 1.64 bits per heavy atom. The van der Waals surface area contributed by atoms with Gasteiger partial charge in [-0.1, -0.05) is 50.3 Å². The van der Waals surface area contributed by atoms with E-state index in [1.54, 1.807) is 9.80 Å². The minimum absolute atomic E-state index is 0.0326. The van der Waals surface area contributed by atoms with Crippen LogP contribution in [-0.4, -0.2) is 92.5 Å². The molecular weight excluding hydrogens is 530 g/mol. The van der Waals surface area contributed by atoms with Crippen LogP contribution in [0.3, 0.4) is 0 Å². The number of likely N-dealkylation sites (N-methyl/N-ethyl adjacent to an activating group) is 1. The molecule has 228 valence electrons. The van der Waals surface area contributed by atoms with Gasteiger partial charge in [-0.2, -0.15) is 0 Å². The molecule has 2 aromatic rings. The topological polar surface area (TPSA) is 94.2 Å². The molecule has 4 amide bonds. The zero-order valence-electron chi connectivity index (χ0n) is 25.3. The Kier molecular flexibility index (Phi) is 12.1. The highest BCUT2D eigenvalue weighted by Gasteiger charge is 2.25. The largest absolute Gasteiger partial charge is 0.494 e. The lowest BCUT2D eigenvalue weighted by molar-refractivity contribution is -0.121. The zero-order chi connectivity index (χ0) is 29.7. The second kappa shape index (κ2) is 16.2. The van der Waals surface area contributed by atoms with Gasteiger partial charge in [-0.15, -0.1) is 0 Å². The number of hydrogen-bond acceptors (Lipinski definition) is 5. The fraction of sp³-hybridized carbons (Fsp3) is 0.545. The monoisotopic (exact) mass is 577 g/mol.